The van der Waals surface area contributed by atoms with Gasteiger partial charge in [0.25, 0.3) is 5.91 Å². The van der Waals surface area contributed by atoms with Gasteiger partial charge in [0.2, 0.25) is 5.91 Å². The van der Waals surface area contributed by atoms with Gasteiger partial charge in [-0.2, -0.15) is 5.10 Å². The number of hydrogen-bond acceptors (Lipinski definition) is 6. The van der Waals surface area contributed by atoms with Crippen molar-refractivity contribution in [1.29, 1.82) is 0 Å². The smallest absolute Gasteiger partial charge is 0.267 e. The number of hydrogen-bond donors (Lipinski definition) is 1. The van der Waals surface area contributed by atoms with E-state index in [1.54, 1.807) is 6.21 Å². The molecule has 2 N–H and O–H groups in total. The average Bonchev–Trinajstić information content (AvgIpc) is 3.22. The summed E-state index contributed by atoms with van der Waals surface area (Å²) in [6, 6.07) is 4.29. The maximum atomic E-state index is 13.7. The van der Waals surface area contributed by atoms with Gasteiger partial charge in [-0.1, -0.05) is 6.92 Å². The van der Waals surface area contributed by atoms with Gasteiger partial charge < -0.3 is 10.6 Å². The molecule has 1 aromatic carbocycles. The molecule has 0 saturated carbocycles. The Morgan fingerprint density at radius 1 is 1.13 bits per heavy atom. The molecule has 2 amide bonds. The van der Waals surface area contributed by atoms with Crippen molar-refractivity contribution < 1.29 is 18.4 Å². The molecule has 1 fully saturated rings. The fourth-order valence-electron chi connectivity index (χ4n) is 4.22. The Bertz CT molecular complexity index is 1030. The van der Waals surface area contributed by atoms with E-state index in [9.17, 15) is 18.4 Å². The second kappa shape index (κ2) is 8.37. The first-order valence-corrected chi connectivity index (χ1v) is 10.0. The minimum atomic E-state index is -0.684. The number of amides is 2. The summed E-state index contributed by atoms with van der Waals surface area (Å²) in [5.41, 5.74) is 5.81. The number of benzene rings is 1. The SMILES string of the molecule is C[C@@H]1CN(c2cc(C(N)=O)ncn2)CC[C@H]1C(=O)N1N=CC[C@@H]1c1cc(F)cc(F)c1. The zero-order chi connectivity index (χ0) is 22.1. The molecule has 0 aliphatic carbocycles. The van der Waals surface area contributed by atoms with E-state index < -0.39 is 23.6 Å². The van der Waals surface area contributed by atoms with Crippen molar-refractivity contribution >= 4 is 23.8 Å². The second-order valence-electron chi connectivity index (χ2n) is 7.88. The lowest BCUT2D eigenvalue weighted by molar-refractivity contribution is -0.139. The standard InChI is InChI=1S/C21H22F2N6O2/c1-12-10-28(19-9-17(20(24)30)25-11-26-19)5-3-16(12)21(31)29-18(2-4-27-29)13-6-14(22)8-15(23)7-13/h4,6-9,11-12,16,18H,2-3,5,10H2,1H3,(H2,24,30)/t12-,16-,18-/m1/s1. The van der Waals surface area contributed by atoms with Gasteiger partial charge in [-0.25, -0.2) is 23.8 Å². The van der Waals surface area contributed by atoms with Crippen LogP contribution >= 0.6 is 0 Å². The molecule has 2 aliphatic heterocycles. The van der Waals surface area contributed by atoms with Crippen molar-refractivity contribution in [2.45, 2.75) is 25.8 Å². The van der Waals surface area contributed by atoms with Gasteiger partial charge in [0.1, 0.15) is 29.5 Å². The molecule has 31 heavy (non-hydrogen) atoms. The quantitative estimate of drug-likeness (QED) is 0.805. The van der Waals surface area contributed by atoms with E-state index in [1.807, 2.05) is 11.8 Å². The predicted octanol–water partition coefficient (Wildman–Crippen LogP) is 2.28. The largest absolute Gasteiger partial charge is 0.364 e. The maximum Gasteiger partial charge on any atom is 0.267 e. The van der Waals surface area contributed by atoms with Crippen molar-refractivity contribution in [3.8, 4) is 0 Å². The lowest BCUT2D eigenvalue weighted by Gasteiger charge is -2.38. The highest BCUT2D eigenvalue weighted by atomic mass is 19.1. The van der Waals surface area contributed by atoms with Crippen LogP contribution in [0.25, 0.3) is 0 Å². The second-order valence-corrected chi connectivity index (χ2v) is 7.88. The maximum absolute atomic E-state index is 13.7. The average molecular weight is 428 g/mol. The summed E-state index contributed by atoms with van der Waals surface area (Å²) >= 11 is 0. The topological polar surface area (TPSA) is 105 Å². The number of rotatable bonds is 4. The fourth-order valence-corrected chi connectivity index (χ4v) is 4.22. The van der Waals surface area contributed by atoms with Crippen LogP contribution in [-0.4, -0.2) is 46.1 Å². The molecule has 0 unspecified atom stereocenters. The van der Waals surface area contributed by atoms with Crippen LogP contribution < -0.4 is 10.6 Å². The Kier molecular flexibility index (Phi) is 5.62. The van der Waals surface area contributed by atoms with Crippen LogP contribution in [0.4, 0.5) is 14.6 Å². The number of halogens is 2. The van der Waals surface area contributed by atoms with Crippen molar-refractivity contribution in [3.63, 3.8) is 0 Å². The molecule has 3 heterocycles. The minimum Gasteiger partial charge on any atom is -0.364 e. The Hall–Kier alpha value is -3.43. The zero-order valence-corrected chi connectivity index (χ0v) is 16.9. The molecule has 0 bridgehead atoms. The molecular weight excluding hydrogens is 406 g/mol. The fraction of sp³-hybridized carbons (Fsp3) is 0.381. The number of piperidine rings is 1. The van der Waals surface area contributed by atoms with Gasteiger partial charge in [0.15, 0.2) is 0 Å². The Morgan fingerprint density at radius 2 is 1.87 bits per heavy atom. The number of aromatic nitrogens is 2. The van der Waals surface area contributed by atoms with E-state index in [4.69, 9.17) is 5.73 Å². The van der Waals surface area contributed by atoms with Gasteiger partial charge in [-0.3, -0.25) is 9.59 Å². The van der Waals surface area contributed by atoms with Crippen LogP contribution in [0.1, 0.15) is 41.9 Å². The van der Waals surface area contributed by atoms with Crippen molar-refractivity contribution in [3.05, 3.63) is 53.5 Å². The van der Waals surface area contributed by atoms with E-state index in [0.717, 1.165) is 6.07 Å². The summed E-state index contributed by atoms with van der Waals surface area (Å²) in [7, 11) is 0. The van der Waals surface area contributed by atoms with Gasteiger partial charge in [0.05, 0.1) is 6.04 Å². The van der Waals surface area contributed by atoms with Gasteiger partial charge in [0, 0.05) is 43.8 Å². The van der Waals surface area contributed by atoms with Crippen LogP contribution in [0.5, 0.6) is 0 Å². The van der Waals surface area contributed by atoms with Crippen LogP contribution in [-0.2, 0) is 4.79 Å². The molecule has 1 aromatic heterocycles. The first kappa shape index (κ1) is 20.8. The molecule has 162 valence electrons. The molecule has 4 rings (SSSR count). The van der Waals surface area contributed by atoms with Crippen LogP contribution in [0.15, 0.2) is 35.7 Å². The molecule has 2 aliphatic rings. The molecule has 0 radical (unpaired) electrons. The minimum absolute atomic E-state index is 0.0334. The van der Waals surface area contributed by atoms with E-state index in [-0.39, 0.29) is 23.4 Å². The normalized spacial score (nSPS) is 23.3. The highest BCUT2D eigenvalue weighted by Crippen LogP contribution is 2.34. The molecule has 3 atom stereocenters. The molecule has 10 heteroatoms. The Balaban J connectivity index is 1.48. The monoisotopic (exact) mass is 428 g/mol. The van der Waals surface area contributed by atoms with Crippen molar-refractivity contribution in [2.75, 3.05) is 18.0 Å². The summed E-state index contributed by atoms with van der Waals surface area (Å²) in [6.45, 7) is 3.05. The Morgan fingerprint density at radius 3 is 2.55 bits per heavy atom. The third-order valence-corrected chi connectivity index (χ3v) is 5.78. The Labute approximate surface area is 177 Å². The predicted molar refractivity (Wildman–Crippen MR) is 109 cm³/mol. The van der Waals surface area contributed by atoms with E-state index in [1.165, 1.54) is 29.5 Å². The zero-order valence-electron chi connectivity index (χ0n) is 16.9. The summed E-state index contributed by atoms with van der Waals surface area (Å²) in [6.07, 6.45) is 3.83. The summed E-state index contributed by atoms with van der Waals surface area (Å²) < 4.78 is 27.4. The molecule has 2 aromatic rings. The van der Waals surface area contributed by atoms with Crippen LogP contribution in [0.2, 0.25) is 0 Å². The third-order valence-electron chi connectivity index (χ3n) is 5.78. The molecule has 0 spiro atoms. The molecule has 1 saturated heterocycles. The van der Waals surface area contributed by atoms with E-state index in [0.29, 0.717) is 37.3 Å². The highest BCUT2D eigenvalue weighted by Gasteiger charge is 2.38. The summed E-state index contributed by atoms with van der Waals surface area (Å²) in [4.78, 5) is 34.7. The van der Waals surface area contributed by atoms with Gasteiger partial charge in [-0.05, 0) is 30.0 Å². The van der Waals surface area contributed by atoms with Crippen LogP contribution in [0.3, 0.4) is 0 Å². The number of carbonyl (C=O) groups is 2. The lowest BCUT2D eigenvalue weighted by Crippen LogP contribution is -2.46. The molecular formula is C21H22F2N6O2. The number of hydrazone groups is 1. The van der Waals surface area contributed by atoms with Crippen LogP contribution in [0, 0.1) is 23.5 Å². The van der Waals surface area contributed by atoms with Gasteiger partial charge >= 0.3 is 0 Å². The van der Waals surface area contributed by atoms with E-state index >= 15 is 0 Å². The number of nitrogens with zero attached hydrogens (tertiary/aromatic N) is 5. The number of carbonyl (C=O) groups excluding carboxylic acids is 2. The molecule has 8 nitrogen and oxygen atoms in total. The summed E-state index contributed by atoms with van der Waals surface area (Å²) in [5, 5.41) is 5.55. The first-order valence-electron chi connectivity index (χ1n) is 10.0. The van der Waals surface area contributed by atoms with E-state index in [2.05, 4.69) is 15.1 Å². The lowest BCUT2D eigenvalue weighted by atomic mass is 9.85. The van der Waals surface area contributed by atoms with Crippen molar-refractivity contribution in [2.24, 2.45) is 22.7 Å². The summed E-state index contributed by atoms with van der Waals surface area (Å²) in [5.74, 6) is -1.93. The first-order chi connectivity index (χ1) is 14.8. The van der Waals surface area contributed by atoms with Crippen molar-refractivity contribution in [1.82, 2.24) is 15.0 Å². The number of nitrogens with two attached hydrogens (primary N) is 1. The third kappa shape index (κ3) is 4.23. The van der Waals surface area contributed by atoms with Gasteiger partial charge in [-0.15, -0.1) is 0 Å². The number of primary amides is 1. The highest BCUT2D eigenvalue weighted by molar-refractivity contribution is 5.91. The number of anilines is 1.